The predicted molar refractivity (Wildman–Crippen MR) is 111 cm³/mol. The topological polar surface area (TPSA) is 92.8 Å². The molecule has 0 aromatic carbocycles. The lowest BCUT2D eigenvalue weighted by Gasteiger charge is -2.49. The summed E-state index contributed by atoms with van der Waals surface area (Å²) in [6, 6.07) is 0.0690. The minimum absolute atomic E-state index is 0.00759. The van der Waals surface area contributed by atoms with Gasteiger partial charge < -0.3 is 20.1 Å². The van der Waals surface area contributed by atoms with Crippen LogP contribution in [0.1, 0.15) is 39.5 Å². The number of carbonyl (C=O) groups excluding carboxylic acids is 3. The molecule has 4 atom stereocenters. The van der Waals surface area contributed by atoms with E-state index in [0.29, 0.717) is 57.1 Å². The molecule has 166 valence electrons. The Bertz CT molecular complexity index is 584. The van der Waals surface area contributed by atoms with Crippen molar-refractivity contribution in [3.63, 3.8) is 0 Å². The number of rotatable bonds is 10. The van der Waals surface area contributed by atoms with E-state index in [0.717, 1.165) is 0 Å². The van der Waals surface area contributed by atoms with Crippen LogP contribution < -0.4 is 10.4 Å². The Morgan fingerprint density at radius 1 is 1.21 bits per heavy atom. The SMILES string of the molecule is CC(C)N1CC(C(=O)[O-])C(=O)C2CCC(NC(=O)CCN(CCCl)CCCl)CC21. The zero-order valence-corrected chi connectivity index (χ0v) is 18.8. The summed E-state index contributed by atoms with van der Waals surface area (Å²) in [4.78, 5) is 40.6. The van der Waals surface area contributed by atoms with Crippen LogP contribution in [0.4, 0.5) is 0 Å². The summed E-state index contributed by atoms with van der Waals surface area (Å²) in [5, 5.41) is 14.5. The van der Waals surface area contributed by atoms with E-state index in [1.165, 1.54) is 0 Å². The molecular weight excluding hydrogens is 417 g/mol. The number of alkyl halides is 2. The number of carbonyl (C=O) groups is 3. The molecule has 0 radical (unpaired) electrons. The number of ketones is 1. The number of nitrogens with one attached hydrogen (secondary N) is 1. The maximum Gasteiger partial charge on any atom is 0.221 e. The first kappa shape index (κ1) is 24.4. The van der Waals surface area contributed by atoms with Crippen molar-refractivity contribution >= 4 is 40.9 Å². The van der Waals surface area contributed by atoms with Crippen molar-refractivity contribution in [3.05, 3.63) is 0 Å². The van der Waals surface area contributed by atoms with Crippen molar-refractivity contribution in [1.82, 2.24) is 15.1 Å². The van der Waals surface area contributed by atoms with Crippen LogP contribution in [0.15, 0.2) is 0 Å². The van der Waals surface area contributed by atoms with E-state index in [4.69, 9.17) is 23.2 Å². The van der Waals surface area contributed by atoms with Gasteiger partial charge >= 0.3 is 0 Å². The third kappa shape index (κ3) is 6.54. The van der Waals surface area contributed by atoms with Crippen LogP contribution in [0.2, 0.25) is 0 Å². The molecule has 1 heterocycles. The highest BCUT2D eigenvalue weighted by molar-refractivity contribution is 6.18. The third-order valence-corrected chi connectivity index (χ3v) is 6.45. The van der Waals surface area contributed by atoms with Crippen molar-refractivity contribution in [1.29, 1.82) is 0 Å². The van der Waals surface area contributed by atoms with Gasteiger partial charge in [0.15, 0.2) is 0 Å². The second kappa shape index (κ2) is 11.5. The fraction of sp³-hybridized carbons (Fsp3) is 0.850. The van der Waals surface area contributed by atoms with E-state index < -0.39 is 11.9 Å². The Hall–Kier alpha value is -0.890. The third-order valence-electron chi connectivity index (χ3n) is 6.11. The zero-order chi connectivity index (χ0) is 21.6. The van der Waals surface area contributed by atoms with E-state index in [2.05, 4.69) is 15.1 Å². The van der Waals surface area contributed by atoms with E-state index in [9.17, 15) is 19.5 Å². The van der Waals surface area contributed by atoms with E-state index >= 15 is 0 Å². The summed E-state index contributed by atoms with van der Waals surface area (Å²) in [6.45, 7) is 6.19. The standard InChI is InChI=1S/C20H33Cl2N3O4/c1-13(2)25-12-16(20(28)29)19(27)15-4-3-14(11-17(15)25)23-18(26)5-8-24(9-6-21)10-7-22/h13-17H,3-12H2,1-2H3,(H,23,26)(H,28,29)/p-1. The number of likely N-dealkylation sites (tertiary alicyclic amines) is 1. The molecule has 1 amide bonds. The zero-order valence-electron chi connectivity index (χ0n) is 17.2. The molecule has 2 aliphatic rings. The van der Waals surface area contributed by atoms with Gasteiger partial charge in [0.25, 0.3) is 0 Å². The lowest BCUT2D eigenvalue weighted by Crippen LogP contribution is -2.62. The summed E-state index contributed by atoms with van der Waals surface area (Å²) < 4.78 is 0. The summed E-state index contributed by atoms with van der Waals surface area (Å²) in [5.74, 6) is -1.88. The number of carboxylic acid groups (broad SMARTS) is 1. The van der Waals surface area contributed by atoms with Gasteiger partial charge in [-0.1, -0.05) is 0 Å². The number of halogens is 2. The summed E-state index contributed by atoms with van der Waals surface area (Å²) in [6.07, 6.45) is 2.30. The van der Waals surface area contributed by atoms with Crippen molar-refractivity contribution in [2.75, 3.05) is 37.9 Å². The quantitative estimate of drug-likeness (QED) is 0.385. The number of hydrogen-bond donors (Lipinski definition) is 1. The number of piperidine rings is 1. The first-order valence-corrected chi connectivity index (χ1v) is 11.5. The number of Topliss-reactive ketones (excluding diaryl/α,β-unsaturated/α-hetero) is 1. The highest BCUT2D eigenvalue weighted by Crippen LogP contribution is 2.36. The maximum atomic E-state index is 12.6. The van der Waals surface area contributed by atoms with Gasteiger partial charge in [0.1, 0.15) is 5.78 Å². The van der Waals surface area contributed by atoms with Crippen molar-refractivity contribution in [2.24, 2.45) is 11.8 Å². The molecule has 29 heavy (non-hydrogen) atoms. The minimum Gasteiger partial charge on any atom is -0.549 e. The van der Waals surface area contributed by atoms with Crippen molar-refractivity contribution in [2.45, 2.75) is 57.7 Å². The molecule has 1 saturated heterocycles. The summed E-state index contributed by atoms with van der Waals surface area (Å²) >= 11 is 11.6. The fourth-order valence-electron chi connectivity index (χ4n) is 4.59. The van der Waals surface area contributed by atoms with Crippen molar-refractivity contribution in [3.8, 4) is 0 Å². The van der Waals surface area contributed by atoms with Crippen molar-refractivity contribution < 1.29 is 19.5 Å². The van der Waals surface area contributed by atoms with Gasteiger partial charge in [0.05, 0.1) is 11.9 Å². The molecule has 1 saturated carbocycles. The molecule has 0 bridgehead atoms. The van der Waals surface area contributed by atoms with Gasteiger partial charge in [-0.25, -0.2) is 0 Å². The fourth-order valence-corrected chi connectivity index (χ4v) is 5.07. The molecule has 1 N–H and O–H groups in total. The minimum atomic E-state index is -1.28. The number of nitrogens with zero attached hydrogens (tertiary/aromatic N) is 2. The monoisotopic (exact) mass is 448 g/mol. The second-order valence-corrected chi connectivity index (χ2v) is 9.04. The van der Waals surface area contributed by atoms with Crippen LogP contribution in [-0.2, 0) is 14.4 Å². The van der Waals surface area contributed by atoms with Gasteiger partial charge in [-0.2, -0.15) is 0 Å². The predicted octanol–water partition coefficient (Wildman–Crippen LogP) is 0.469. The molecule has 2 fully saturated rings. The Kier molecular flexibility index (Phi) is 9.66. The Labute approximate surface area is 183 Å². The Morgan fingerprint density at radius 3 is 2.41 bits per heavy atom. The van der Waals surface area contributed by atoms with E-state index in [1.54, 1.807) is 0 Å². The maximum absolute atomic E-state index is 12.6. The van der Waals surface area contributed by atoms with E-state index in [-0.39, 0.29) is 42.3 Å². The average Bonchev–Trinajstić information content (AvgIpc) is 2.66. The first-order chi connectivity index (χ1) is 13.8. The van der Waals surface area contributed by atoms with Gasteiger partial charge in [-0.05, 0) is 33.1 Å². The smallest absolute Gasteiger partial charge is 0.221 e. The van der Waals surface area contributed by atoms with E-state index in [1.807, 2.05) is 13.8 Å². The van der Waals surface area contributed by atoms with Crippen LogP contribution in [0.25, 0.3) is 0 Å². The second-order valence-electron chi connectivity index (χ2n) is 8.29. The molecule has 2 rings (SSSR count). The van der Waals surface area contributed by atoms with Crippen LogP contribution in [0.3, 0.4) is 0 Å². The highest BCUT2D eigenvalue weighted by atomic mass is 35.5. The van der Waals surface area contributed by atoms with Crippen LogP contribution in [-0.4, -0.2) is 83.5 Å². The molecule has 9 heteroatoms. The van der Waals surface area contributed by atoms with Crippen LogP contribution in [0.5, 0.6) is 0 Å². The molecule has 0 aromatic rings. The number of amides is 1. The molecular formula is C20H32Cl2N3O4-. The van der Waals surface area contributed by atoms with Gasteiger partial charge in [-0.3, -0.25) is 14.5 Å². The molecule has 1 aliphatic carbocycles. The Balaban J connectivity index is 1.93. The largest absolute Gasteiger partial charge is 0.549 e. The lowest BCUT2D eigenvalue weighted by molar-refractivity contribution is -0.311. The molecule has 0 aromatic heterocycles. The van der Waals surface area contributed by atoms with Gasteiger partial charge in [-0.15, -0.1) is 23.2 Å². The molecule has 1 aliphatic heterocycles. The van der Waals surface area contributed by atoms with Crippen LogP contribution >= 0.6 is 23.2 Å². The average molecular weight is 449 g/mol. The first-order valence-electron chi connectivity index (χ1n) is 10.4. The molecule has 0 spiro atoms. The number of carboxylic acids is 1. The number of fused-ring (bicyclic) bond motifs is 1. The van der Waals surface area contributed by atoms with Gasteiger partial charge in [0.2, 0.25) is 5.91 Å². The lowest BCUT2D eigenvalue weighted by atomic mass is 9.72. The normalized spacial score (nSPS) is 27.9. The van der Waals surface area contributed by atoms with Crippen LogP contribution in [0, 0.1) is 11.8 Å². The number of hydrogen-bond acceptors (Lipinski definition) is 6. The van der Waals surface area contributed by atoms with Gasteiger partial charge in [0, 0.05) is 68.4 Å². The molecule has 4 unspecified atom stereocenters. The summed E-state index contributed by atoms with van der Waals surface area (Å²) in [5.41, 5.74) is 0. The summed E-state index contributed by atoms with van der Waals surface area (Å²) in [7, 11) is 0. The molecule has 7 nitrogen and oxygen atoms in total. The Morgan fingerprint density at radius 2 is 1.86 bits per heavy atom. The highest BCUT2D eigenvalue weighted by Gasteiger charge is 2.46. The number of aliphatic carboxylic acids is 1.